The summed E-state index contributed by atoms with van der Waals surface area (Å²) >= 11 is 0. The van der Waals surface area contributed by atoms with Gasteiger partial charge < -0.3 is 9.84 Å². The standard InChI is InChI=1S/C24H20O4/c25-23(26)21-19(16-10-4-1-5-11-16)22(20(21)17-12-6-2-7-13-17)24(27)28-18-14-8-3-9-15-18/h1-15,19-22H,(H,25,26)/t19-,20-,21?,22?/m1/s1. The summed E-state index contributed by atoms with van der Waals surface area (Å²) in [5, 5.41) is 9.93. The number of carbonyl (C=O) groups excluding carboxylic acids is 1. The molecule has 4 nitrogen and oxygen atoms in total. The Balaban J connectivity index is 1.73. The molecule has 1 aliphatic rings. The lowest BCUT2D eigenvalue weighted by atomic mass is 9.52. The third-order valence-corrected chi connectivity index (χ3v) is 5.44. The van der Waals surface area contributed by atoms with Crippen LogP contribution in [0.5, 0.6) is 5.75 Å². The molecule has 28 heavy (non-hydrogen) atoms. The van der Waals surface area contributed by atoms with E-state index in [0.717, 1.165) is 11.1 Å². The van der Waals surface area contributed by atoms with E-state index < -0.39 is 35.6 Å². The van der Waals surface area contributed by atoms with E-state index in [2.05, 4.69) is 0 Å². The average molecular weight is 372 g/mol. The van der Waals surface area contributed by atoms with Gasteiger partial charge in [-0.3, -0.25) is 9.59 Å². The van der Waals surface area contributed by atoms with Gasteiger partial charge in [-0.05, 0) is 23.3 Å². The van der Waals surface area contributed by atoms with Gasteiger partial charge in [0.2, 0.25) is 0 Å². The molecular formula is C24H20O4. The van der Waals surface area contributed by atoms with Crippen LogP contribution in [0.2, 0.25) is 0 Å². The molecular weight excluding hydrogens is 352 g/mol. The van der Waals surface area contributed by atoms with Crippen molar-refractivity contribution in [1.29, 1.82) is 0 Å². The highest BCUT2D eigenvalue weighted by atomic mass is 16.5. The van der Waals surface area contributed by atoms with Gasteiger partial charge in [-0.1, -0.05) is 78.9 Å². The summed E-state index contributed by atoms with van der Waals surface area (Å²) in [5.41, 5.74) is 1.69. The second kappa shape index (κ2) is 7.69. The smallest absolute Gasteiger partial charge is 0.315 e. The summed E-state index contributed by atoms with van der Waals surface area (Å²) < 4.78 is 5.62. The molecule has 1 N–H and O–H groups in total. The molecule has 4 rings (SSSR count). The number of benzene rings is 3. The summed E-state index contributed by atoms with van der Waals surface area (Å²) in [7, 11) is 0. The topological polar surface area (TPSA) is 63.6 Å². The van der Waals surface area contributed by atoms with Crippen molar-refractivity contribution in [3.63, 3.8) is 0 Å². The molecule has 4 heteroatoms. The van der Waals surface area contributed by atoms with Crippen LogP contribution < -0.4 is 4.74 Å². The first kappa shape index (κ1) is 18.0. The normalized spacial score (nSPS) is 23.4. The zero-order valence-electron chi connectivity index (χ0n) is 15.1. The number of hydrogen-bond donors (Lipinski definition) is 1. The van der Waals surface area contributed by atoms with Crippen LogP contribution >= 0.6 is 0 Å². The quantitative estimate of drug-likeness (QED) is 0.529. The van der Waals surface area contributed by atoms with Gasteiger partial charge in [0.15, 0.2) is 0 Å². The van der Waals surface area contributed by atoms with Crippen molar-refractivity contribution in [3.8, 4) is 5.75 Å². The molecule has 0 heterocycles. The Morgan fingerprint density at radius 1 is 0.643 bits per heavy atom. The van der Waals surface area contributed by atoms with E-state index in [9.17, 15) is 14.7 Å². The van der Waals surface area contributed by atoms with Gasteiger partial charge >= 0.3 is 11.9 Å². The van der Waals surface area contributed by atoms with Crippen LogP contribution in [0, 0.1) is 11.8 Å². The molecule has 0 radical (unpaired) electrons. The Bertz CT molecular complexity index is 906. The zero-order chi connectivity index (χ0) is 19.5. The minimum Gasteiger partial charge on any atom is -0.481 e. The highest BCUT2D eigenvalue weighted by molar-refractivity contribution is 5.85. The van der Waals surface area contributed by atoms with Crippen LogP contribution in [-0.4, -0.2) is 17.0 Å². The lowest BCUT2D eigenvalue weighted by Gasteiger charge is -2.48. The largest absolute Gasteiger partial charge is 0.481 e. The van der Waals surface area contributed by atoms with E-state index in [1.165, 1.54) is 0 Å². The second-order valence-electron chi connectivity index (χ2n) is 7.00. The first-order valence-electron chi connectivity index (χ1n) is 9.26. The molecule has 1 aliphatic carbocycles. The number of ether oxygens (including phenoxy) is 1. The second-order valence-corrected chi connectivity index (χ2v) is 7.00. The first-order valence-corrected chi connectivity index (χ1v) is 9.26. The van der Waals surface area contributed by atoms with Crippen molar-refractivity contribution in [3.05, 3.63) is 102 Å². The van der Waals surface area contributed by atoms with Crippen LogP contribution in [0.4, 0.5) is 0 Å². The van der Waals surface area contributed by atoms with E-state index >= 15 is 0 Å². The fourth-order valence-corrected chi connectivity index (χ4v) is 4.20. The predicted octanol–water partition coefficient (Wildman–Crippen LogP) is 4.49. The van der Waals surface area contributed by atoms with E-state index in [1.807, 2.05) is 66.7 Å². The molecule has 0 unspecified atom stereocenters. The SMILES string of the molecule is O=C(O)C1[C@@H](c2ccccc2)C(C(=O)Oc2ccccc2)[C@@H]1c1ccccc1. The van der Waals surface area contributed by atoms with Gasteiger partial charge in [-0.2, -0.15) is 0 Å². The molecule has 0 amide bonds. The summed E-state index contributed by atoms with van der Waals surface area (Å²) in [6, 6.07) is 27.6. The molecule has 2 atom stereocenters. The third kappa shape index (κ3) is 3.29. The van der Waals surface area contributed by atoms with Crippen molar-refractivity contribution < 1.29 is 19.4 Å². The number of carbonyl (C=O) groups is 2. The molecule has 0 bridgehead atoms. The molecule has 140 valence electrons. The number of esters is 1. The van der Waals surface area contributed by atoms with Crippen molar-refractivity contribution in [2.24, 2.45) is 11.8 Å². The Morgan fingerprint density at radius 2 is 1.07 bits per heavy atom. The molecule has 0 aromatic heterocycles. The molecule has 3 aromatic rings. The number of para-hydroxylation sites is 1. The van der Waals surface area contributed by atoms with Crippen LogP contribution in [0.15, 0.2) is 91.0 Å². The summed E-state index contributed by atoms with van der Waals surface area (Å²) in [4.78, 5) is 25.2. The fourth-order valence-electron chi connectivity index (χ4n) is 4.20. The maximum absolute atomic E-state index is 13.1. The predicted molar refractivity (Wildman–Crippen MR) is 105 cm³/mol. The van der Waals surface area contributed by atoms with Gasteiger partial charge in [0.25, 0.3) is 0 Å². The fraction of sp³-hybridized carbons (Fsp3) is 0.167. The summed E-state index contributed by atoms with van der Waals surface area (Å²) in [6.07, 6.45) is 0. The van der Waals surface area contributed by atoms with E-state index in [4.69, 9.17) is 4.74 Å². The highest BCUT2D eigenvalue weighted by Gasteiger charge is 2.59. The lowest BCUT2D eigenvalue weighted by molar-refractivity contribution is -0.158. The van der Waals surface area contributed by atoms with Gasteiger partial charge in [0.1, 0.15) is 5.75 Å². The van der Waals surface area contributed by atoms with Crippen molar-refractivity contribution >= 4 is 11.9 Å². The lowest BCUT2D eigenvalue weighted by Crippen LogP contribution is -2.52. The van der Waals surface area contributed by atoms with Gasteiger partial charge in [0.05, 0.1) is 11.8 Å². The molecule has 1 fully saturated rings. The monoisotopic (exact) mass is 372 g/mol. The molecule has 0 saturated heterocycles. The van der Waals surface area contributed by atoms with Gasteiger partial charge in [0, 0.05) is 11.8 Å². The van der Waals surface area contributed by atoms with E-state index in [1.54, 1.807) is 24.3 Å². The number of aliphatic carboxylic acids is 1. The third-order valence-electron chi connectivity index (χ3n) is 5.44. The Hall–Kier alpha value is -3.40. The van der Waals surface area contributed by atoms with E-state index in [-0.39, 0.29) is 0 Å². The number of carboxylic acid groups (broad SMARTS) is 1. The number of carboxylic acids is 1. The average Bonchev–Trinajstić information content (AvgIpc) is 2.69. The van der Waals surface area contributed by atoms with Crippen molar-refractivity contribution in [2.75, 3.05) is 0 Å². The molecule has 0 spiro atoms. The molecule has 1 saturated carbocycles. The van der Waals surface area contributed by atoms with Crippen LogP contribution in [-0.2, 0) is 9.59 Å². The minimum absolute atomic E-state index is 0.397. The van der Waals surface area contributed by atoms with Crippen LogP contribution in [0.25, 0.3) is 0 Å². The van der Waals surface area contributed by atoms with Gasteiger partial charge in [-0.15, -0.1) is 0 Å². The maximum atomic E-state index is 13.1. The summed E-state index contributed by atoms with van der Waals surface area (Å²) in [5.74, 6) is -2.94. The van der Waals surface area contributed by atoms with E-state index in [0.29, 0.717) is 5.75 Å². The molecule has 3 aromatic carbocycles. The Labute approximate surface area is 163 Å². The molecule has 0 aliphatic heterocycles. The zero-order valence-corrected chi connectivity index (χ0v) is 15.1. The van der Waals surface area contributed by atoms with Gasteiger partial charge in [-0.25, -0.2) is 0 Å². The number of hydrogen-bond acceptors (Lipinski definition) is 3. The van der Waals surface area contributed by atoms with Crippen LogP contribution in [0.1, 0.15) is 23.0 Å². The van der Waals surface area contributed by atoms with Crippen molar-refractivity contribution in [2.45, 2.75) is 11.8 Å². The minimum atomic E-state index is -0.897. The highest BCUT2D eigenvalue weighted by Crippen LogP contribution is 2.58. The Morgan fingerprint density at radius 3 is 1.50 bits per heavy atom. The first-order chi connectivity index (χ1) is 13.7. The van der Waals surface area contributed by atoms with Crippen LogP contribution in [0.3, 0.4) is 0 Å². The maximum Gasteiger partial charge on any atom is 0.315 e. The van der Waals surface area contributed by atoms with Crippen molar-refractivity contribution in [1.82, 2.24) is 0 Å². The summed E-state index contributed by atoms with van der Waals surface area (Å²) in [6.45, 7) is 0. The number of rotatable bonds is 5. The Kier molecular flexibility index (Phi) is 4.94.